The number of nitrogens with one attached hydrogen (secondary N) is 2. The van der Waals surface area contributed by atoms with Crippen LogP contribution in [0.25, 0.3) is 0 Å². The zero-order valence-electron chi connectivity index (χ0n) is 11.4. The molecular weight excluding hydrogens is 352 g/mol. The van der Waals surface area contributed by atoms with E-state index in [1.165, 1.54) is 0 Å². The Hall–Kier alpha value is -1.52. The van der Waals surface area contributed by atoms with E-state index in [-0.39, 0.29) is 5.91 Å². The fourth-order valence-corrected chi connectivity index (χ4v) is 2.36. The first-order valence-corrected chi connectivity index (χ1v) is 7.82. The normalized spacial score (nSPS) is 10.2. The van der Waals surface area contributed by atoms with Gasteiger partial charge in [-0.3, -0.25) is 4.79 Å². The van der Waals surface area contributed by atoms with Gasteiger partial charge in [0.25, 0.3) is 0 Å². The van der Waals surface area contributed by atoms with Gasteiger partial charge in [0.1, 0.15) is 0 Å². The summed E-state index contributed by atoms with van der Waals surface area (Å²) in [6.07, 6.45) is 0.426. The van der Waals surface area contributed by atoms with Crippen molar-refractivity contribution >= 4 is 39.1 Å². The SMILES string of the molecule is O=C(CCNc1ccccc1Br)NCc1ccc(Cl)cc1. The lowest BCUT2D eigenvalue weighted by Crippen LogP contribution is -2.24. The number of hydrogen-bond acceptors (Lipinski definition) is 2. The predicted octanol–water partition coefficient (Wildman–Crippen LogP) is 4.22. The lowest BCUT2D eigenvalue weighted by atomic mass is 10.2. The fraction of sp³-hybridized carbons (Fsp3) is 0.188. The molecule has 2 rings (SSSR count). The number of para-hydroxylation sites is 1. The number of carbonyl (C=O) groups excluding carboxylic acids is 1. The van der Waals surface area contributed by atoms with Crippen LogP contribution >= 0.6 is 27.5 Å². The van der Waals surface area contributed by atoms with Gasteiger partial charge in [0.15, 0.2) is 0 Å². The van der Waals surface area contributed by atoms with Crippen LogP contribution in [0.5, 0.6) is 0 Å². The number of anilines is 1. The third-order valence-corrected chi connectivity index (χ3v) is 3.89. The summed E-state index contributed by atoms with van der Waals surface area (Å²) < 4.78 is 0.992. The number of amides is 1. The molecule has 0 aromatic heterocycles. The molecule has 0 atom stereocenters. The van der Waals surface area contributed by atoms with E-state index < -0.39 is 0 Å². The van der Waals surface area contributed by atoms with E-state index in [0.717, 1.165) is 15.7 Å². The van der Waals surface area contributed by atoms with E-state index >= 15 is 0 Å². The Bertz CT molecular complexity index is 601. The molecule has 0 fully saturated rings. The molecule has 0 aliphatic rings. The largest absolute Gasteiger partial charge is 0.384 e. The van der Waals surface area contributed by atoms with Crippen molar-refractivity contribution in [2.75, 3.05) is 11.9 Å². The average molecular weight is 368 g/mol. The topological polar surface area (TPSA) is 41.1 Å². The molecule has 0 aliphatic heterocycles. The molecule has 0 saturated heterocycles. The number of benzene rings is 2. The van der Waals surface area contributed by atoms with Gasteiger partial charge in [-0.1, -0.05) is 35.9 Å². The Morgan fingerprint density at radius 2 is 1.81 bits per heavy atom. The smallest absolute Gasteiger partial charge is 0.222 e. The van der Waals surface area contributed by atoms with Crippen LogP contribution in [0.4, 0.5) is 5.69 Å². The highest BCUT2D eigenvalue weighted by molar-refractivity contribution is 9.10. The summed E-state index contributed by atoms with van der Waals surface area (Å²) in [6.45, 7) is 1.11. The first kappa shape index (κ1) is 15.9. The molecule has 0 heterocycles. The summed E-state index contributed by atoms with van der Waals surface area (Å²) in [5, 5.41) is 6.81. The minimum absolute atomic E-state index is 0.0181. The molecule has 0 unspecified atom stereocenters. The molecule has 0 aliphatic carbocycles. The van der Waals surface area contributed by atoms with Crippen molar-refractivity contribution in [3.05, 3.63) is 63.6 Å². The summed E-state index contributed by atoms with van der Waals surface area (Å²) in [6, 6.07) is 15.3. The van der Waals surface area contributed by atoms with Gasteiger partial charge in [0, 0.05) is 34.7 Å². The summed E-state index contributed by atoms with van der Waals surface area (Å²) in [7, 11) is 0. The number of hydrogen-bond donors (Lipinski definition) is 2. The van der Waals surface area contributed by atoms with E-state index in [0.29, 0.717) is 24.5 Å². The van der Waals surface area contributed by atoms with Gasteiger partial charge in [0.2, 0.25) is 5.91 Å². The Kier molecular flexibility index (Phi) is 6.08. The van der Waals surface area contributed by atoms with E-state index in [9.17, 15) is 4.79 Å². The van der Waals surface area contributed by atoms with Crippen LogP contribution < -0.4 is 10.6 Å². The molecule has 110 valence electrons. The zero-order valence-corrected chi connectivity index (χ0v) is 13.7. The van der Waals surface area contributed by atoms with E-state index in [1.54, 1.807) is 0 Å². The van der Waals surface area contributed by atoms with Crippen LogP contribution in [-0.2, 0) is 11.3 Å². The van der Waals surface area contributed by atoms with E-state index in [2.05, 4.69) is 26.6 Å². The predicted molar refractivity (Wildman–Crippen MR) is 90.5 cm³/mol. The molecule has 1 amide bonds. The second kappa shape index (κ2) is 8.05. The van der Waals surface area contributed by atoms with Crippen molar-refractivity contribution in [1.82, 2.24) is 5.32 Å². The van der Waals surface area contributed by atoms with Crippen LogP contribution in [-0.4, -0.2) is 12.5 Å². The van der Waals surface area contributed by atoms with Crippen LogP contribution in [0, 0.1) is 0 Å². The first-order chi connectivity index (χ1) is 10.1. The lowest BCUT2D eigenvalue weighted by Gasteiger charge is -2.09. The van der Waals surface area contributed by atoms with Gasteiger partial charge in [-0.15, -0.1) is 0 Å². The molecule has 5 heteroatoms. The zero-order chi connectivity index (χ0) is 15.1. The van der Waals surface area contributed by atoms with Gasteiger partial charge >= 0.3 is 0 Å². The second-order valence-electron chi connectivity index (χ2n) is 4.56. The molecule has 21 heavy (non-hydrogen) atoms. The Balaban J connectivity index is 1.70. The summed E-state index contributed by atoms with van der Waals surface area (Å²) in [5.74, 6) is 0.0181. The Morgan fingerprint density at radius 3 is 2.52 bits per heavy atom. The highest BCUT2D eigenvalue weighted by Gasteiger charge is 2.02. The average Bonchev–Trinajstić information content (AvgIpc) is 2.49. The number of halogens is 2. The van der Waals surface area contributed by atoms with Crippen LogP contribution in [0.15, 0.2) is 53.0 Å². The highest BCUT2D eigenvalue weighted by Crippen LogP contribution is 2.20. The molecule has 2 aromatic rings. The number of carbonyl (C=O) groups is 1. The van der Waals surface area contributed by atoms with Crippen molar-refractivity contribution in [2.45, 2.75) is 13.0 Å². The molecule has 0 spiro atoms. The van der Waals surface area contributed by atoms with Gasteiger partial charge in [-0.05, 0) is 45.8 Å². The maximum absolute atomic E-state index is 11.8. The molecule has 2 aromatic carbocycles. The van der Waals surface area contributed by atoms with Crippen LogP contribution in [0.1, 0.15) is 12.0 Å². The first-order valence-electron chi connectivity index (χ1n) is 6.65. The van der Waals surface area contributed by atoms with Gasteiger partial charge < -0.3 is 10.6 Å². The van der Waals surface area contributed by atoms with E-state index in [1.807, 2.05) is 48.5 Å². The van der Waals surface area contributed by atoms with Gasteiger partial charge in [-0.2, -0.15) is 0 Å². The maximum Gasteiger partial charge on any atom is 0.222 e. The quantitative estimate of drug-likeness (QED) is 0.802. The summed E-state index contributed by atoms with van der Waals surface area (Å²) in [4.78, 5) is 11.8. The third kappa shape index (κ3) is 5.40. The minimum Gasteiger partial charge on any atom is -0.384 e. The van der Waals surface area contributed by atoms with Gasteiger partial charge in [0.05, 0.1) is 0 Å². The summed E-state index contributed by atoms with van der Waals surface area (Å²) >= 11 is 9.27. The Labute approximate surface area is 137 Å². The van der Waals surface area contributed by atoms with E-state index in [4.69, 9.17) is 11.6 Å². The second-order valence-corrected chi connectivity index (χ2v) is 5.85. The number of rotatable bonds is 6. The molecule has 0 radical (unpaired) electrons. The third-order valence-electron chi connectivity index (χ3n) is 2.94. The molecule has 2 N–H and O–H groups in total. The van der Waals surface area contributed by atoms with Crippen molar-refractivity contribution in [1.29, 1.82) is 0 Å². The van der Waals surface area contributed by atoms with Crippen molar-refractivity contribution < 1.29 is 4.79 Å². The molecule has 3 nitrogen and oxygen atoms in total. The van der Waals surface area contributed by atoms with Crippen molar-refractivity contribution in [3.8, 4) is 0 Å². The molecular formula is C16H16BrClN2O. The highest BCUT2D eigenvalue weighted by atomic mass is 79.9. The van der Waals surface area contributed by atoms with Crippen molar-refractivity contribution in [3.63, 3.8) is 0 Å². The lowest BCUT2D eigenvalue weighted by molar-refractivity contribution is -0.121. The maximum atomic E-state index is 11.8. The van der Waals surface area contributed by atoms with Crippen LogP contribution in [0.2, 0.25) is 5.02 Å². The molecule has 0 bridgehead atoms. The molecule has 0 saturated carbocycles. The minimum atomic E-state index is 0.0181. The fourth-order valence-electron chi connectivity index (χ4n) is 1.81. The monoisotopic (exact) mass is 366 g/mol. The summed E-state index contributed by atoms with van der Waals surface area (Å²) in [5.41, 5.74) is 2.02. The van der Waals surface area contributed by atoms with Crippen LogP contribution in [0.3, 0.4) is 0 Å². The van der Waals surface area contributed by atoms with Gasteiger partial charge in [-0.25, -0.2) is 0 Å². The standard InChI is InChI=1S/C16H16BrClN2O/c17-14-3-1-2-4-15(14)19-10-9-16(21)20-11-12-5-7-13(18)8-6-12/h1-8,19H,9-11H2,(H,20,21). The Morgan fingerprint density at radius 1 is 1.10 bits per heavy atom. The van der Waals surface area contributed by atoms with Crippen molar-refractivity contribution in [2.24, 2.45) is 0 Å².